The van der Waals surface area contributed by atoms with Gasteiger partial charge in [0.05, 0.1) is 11.4 Å². The SMILES string of the molecule is Cc1cnc2c(CC(C)C(=O)O)cccc2c1. The number of aliphatic carboxylic acids is 1. The number of pyridine rings is 1. The van der Waals surface area contributed by atoms with E-state index >= 15 is 0 Å². The summed E-state index contributed by atoms with van der Waals surface area (Å²) < 4.78 is 0. The molecule has 1 unspecified atom stereocenters. The van der Waals surface area contributed by atoms with Gasteiger partial charge in [-0.3, -0.25) is 9.78 Å². The van der Waals surface area contributed by atoms with Gasteiger partial charge < -0.3 is 5.11 Å². The van der Waals surface area contributed by atoms with E-state index in [4.69, 9.17) is 5.11 Å². The molecule has 1 atom stereocenters. The van der Waals surface area contributed by atoms with Crippen LogP contribution in [0.5, 0.6) is 0 Å². The van der Waals surface area contributed by atoms with E-state index in [1.807, 2.05) is 31.3 Å². The van der Waals surface area contributed by atoms with Crippen molar-refractivity contribution in [3.8, 4) is 0 Å². The number of aryl methyl sites for hydroxylation is 1. The zero-order valence-corrected chi connectivity index (χ0v) is 9.97. The van der Waals surface area contributed by atoms with Crippen molar-refractivity contribution in [3.63, 3.8) is 0 Å². The Hall–Kier alpha value is -1.90. The molecule has 0 saturated heterocycles. The van der Waals surface area contributed by atoms with Crippen LogP contribution < -0.4 is 0 Å². The van der Waals surface area contributed by atoms with Gasteiger partial charge in [0.15, 0.2) is 0 Å². The molecule has 1 aromatic carbocycles. The molecule has 0 aliphatic carbocycles. The van der Waals surface area contributed by atoms with Crippen LogP contribution in [0.15, 0.2) is 30.5 Å². The van der Waals surface area contributed by atoms with Gasteiger partial charge in [0.1, 0.15) is 0 Å². The molecular weight excluding hydrogens is 214 g/mol. The number of fused-ring (bicyclic) bond motifs is 1. The molecule has 1 N–H and O–H groups in total. The summed E-state index contributed by atoms with van der Waals surface area (Å²) in [6, 6.07) is 7.97. The number of aromatic nitrogens is 1. The zero-order valence-electron chi connectivity index (χ0n) is 9.97. The smallest absolute Gasteiger partial charge is 0.306 e. The van der Waals surface area contributed by atoms with E-state index in [0.717, 1.165) is 22.0 Å². The van der Waals surface area contributed by atoms with Gasteiger partial charge >= 0.3 is 5.97 Å². The van der Waals surface area contributed by atoms with E-state index < -0.39 is 5.97 Å². The van der Waals surface area contributed by atoms with E-state index in [-0.39, 0.29) is 5.92 Å². The molecule has 0 radical (unpaired) electrons. The summed E-state index contributed by atoms with van der Waals surface area (Å²) in [7, 11) is 0. The lowest BCUT2D eigenvalue weighted by atomic mass is 9.98. The minimum atomic E-state index is -0.769. The summed E-state index contributed by atoms with van der Waals surface area (Å²) in [5.41, 5.74) is 3.02. The average molecular weight is 229 g/mol. The fraction of sp³-hybridized carbons (Fsp3) is 0.286. The normalized spacial score (nSPS) is 12.6. The van der Waals surface area contributed by atoms with Crippen LogP contribution >= 0.6 is 0 Å². The first-order valence-electron chi connectivity index (χ1n) is 5.65. The third kappa shape index (κ3) is 2.44. The number of hydrogen-bond donors (Lipinski definition) is 1. The molecule has 17 heavy (non-hydrogen) atoms. The Morgan fingerprint density at radius 3 is 2.94 bits per heavy atom. The molecule has 2 rings (SSSR count). The van der Waals surface area contributed by atoms with Gasteiger partial charge in [-0.2, -0.15) is 0 Å². The summed E-state index contributed by atoms with van der Waals surface area (Å²) in [4.78, 5) is 15.3. The fourth-order valence-electron chi connectivity index (χ4n) is 1.92. The Balaban J connectivity index is 2.44. The molecule has 0 saturated carbocycles. The van der Waals surface area contributed by atoms with Gasteiger partial charge in [-0.25, -0.2) is 0 Å². The molecule has 3 nitrogen and oxygen atoms in total. The quantitative estimate of drug-likeness (QED) is 0.880. The average Bonchev–Trinajstić information content (AvgIpc) is 2.28. The molecule has 0 fully saturated rings. The van der Waals surface area contributed by atoms with Crippen molar-refractivity contribution in [3.05, 3.63) is 41.6 Å². The van der Waals surface area contributed by atoms with E-state index in [0.29, 0.717) is 6.42 Å². The Morgan fingerprint density at radius 1 is 1.47 bits per heavy atom. The third-order valence-corrected chi connectivity index (χ3v) is 2.88. The Bertz CT molecular complexity index is 563. The molecule has 0 spiro atoms. The fourth-order valence-corrected chi connectivity index (χ4v) is 1.92. The molecule has 1 heterocycles. The minimum Gasteiger partial charge on any atom is -0.481 e. The maximum atomic E-state index is 10.9. The van der Waals surface area contributed by atoms with E-state index in [9.17, 15) is 4.79 Å². The molecule has 0 bridgehead atoms. The largest absolute Gasteiger partial charge is 0.481 e. The van der Waals surface area contributed by atoms with Crippen molar-refractivity contribution in [1.82, 2.24) is 4.98 Å². The molecule has 0 amide bonds. The van der Waals surface area contributed by atoms with Crippen molar-refractivity contribution in [2.24, 2.45) is 5.92 Å². The lowest BCUT2D eigenvalue weighted by Crippen LogP contribution is -2.12. The summed E-state index contributed by atoms with van der Waals surface area (Å²) in [5, 5.41) is 10.0. The molecule has 1 aromatic heterocycles. The number of carboxylic acids is 1. The highest BCUT2D eigenvalue weighted by Crippen LogP contribution is 2.20. The Kier molecular flexibility index (Phi) is 3.09. The number of benzene rings is 1. The second-order valence-electron chi connectivity index (χ2n) is 4.44. The topological polar surface area (TPSA) is 50.2 Å². The predicted octanol–water partition coefficient (Wildman–Crippen LogP) is 2.81. The monoisotopic (exact) mass is 229 g/mol. The lowest BCUT2D eigenvalue weighted by molar-refractivity contribution is -0.141. The zero-order chi connectivity index (χ0) is 12.4. The number of carbonyl (C=O) groups is 1. The molecule has 3 heteroatoms. The minimum absolute atomic E-state index is 0.385. The van der Waals surface area contributed by atoms with Gasteiger partial charge in [0.25, 0.3) is 0 Å². The second kappa shape index (κ2) is 4.53. The Labute approximate surface area is 100 Å². The third-order valence-electron chi connectivity index (χ3n) is 2.88. The first kappa shape index (κ1) is 11.6. The number of carboxylic acid groups (broad SMARTS) is 1. The summed E-state index contributed by atoms with van der Waals surface area (Å²) >= 11 is 0. The summed E-state index contributed by atoms with van der Waals surface area (Å²) in [5.74, 6) is -1.15. The van der Waals surface area contributed by atoms with Gasteiger partial charge in [0, 0.05) is 11.6 Å². The maximum Gasteiger partial charge on any atom is 0.306 e. The van der Waals surface area contributed by atoms with Crippen LogP contribution in [0, 0.1) is 12.8 Å². The van der Waals surface area contributed by atoms with Gasteiger partial charge in [-0.1, -0.05) is 25.1 Å². The van der Waals surface area contributed by atoms with Crippen molar-refractivity contribution in [1.29, 1.82) is 0 Å². The van der Waals surface area contributed by atoms with Crippen LogP contribution in [0.25, 0.3) is 10.9 Å². The van der Waals surface area contributed by atoms with Crippen LogP contribution in [0.4, 0.5) is 0 Å². The van der Waals surface area contributed by atoms with Crippen LogP contribution in [-0.4, -0.2) is 16.1 Å². The highest BCUT2D eigenvalue weighted by atomic mass is 16.4. The van der Waals surface area contributed by atoms with E-state index in [1.54, 1.807) is 6.92 Å². The maximum absolute atomic E-state index is 10.9. The Morgan fingerprint density at radius 2 is 2.24 bits per heavy atom. The van der Waals surface area contributed by atoms with Crippen LogP contribution in [0.1, 0.15) is 18.1 Å². The molecular formula is C14H15NO2. The highest BCUT2D eigenvalue weighted by molar-refractivity contribution is 5.82. The molecule has 88 valence electrons. The molecule has 2 aromatic rings. The first-order chi connectivity index (χ1) is 8.08. The molecule has 0 aliphatic rings. The van der Waals surface area contributed by atoms with Gasteiger partial charge in [0.2, 0.25) is 0 Å². The van der Waals surface area contributed by atoms with Gasteiger partial charge in [-0.05, 0) is 30.5 Å². The van der Waals surface area contributed by atoms with Gasteiger partial charge in [-0.15, -0.1) is 0 Å². The van der Waals surface area contributed by atoms with Crippen molar-refractivity contribution >= 4 is 16.9 Å². The summed E-state index contributed by atoms with van der Waals surface area (Å²) in [6.45, 7) is 3.72. The standard InChI is InChI=1S/C14H15NO2/c1-9-6-11-4-3-5-12(13(11)15-8-9)7-10(2)14(16)17/h3-6,8,10H,7H2,1-2H3,(H,16,17). The highest BCUT2D eigenvalue weighted by Gasteiger charge is 2.13. The van der Waals surface area contributed by atoms with Crippen LogP contribution in [0.3, 0.4) is 0 Å². The first-order valence-corrected chi connectivity index (χ1v) is 5.65. The van der Waals surface area contributed by atoms with Crippen molar-refractivity contribution in [2.45, 2.75) is 20.3 Å². The molecule has 0 aliphatic heterocycles. The van der Waals surface area contributed by atoms with Crippen molar-refractivity contribution < 1.29 is 9.90 Å². The van der Waals surface area contributed by atoms with E-state index in [1.165, 1.54) is 0 Å². The lowest BCUT2D eigenvalue weighted by Gasteiger charge is -2.09. The van der Waals surface area contributed by atoms with Crippen LogP contribution in [-0.2, 0) is 11.2 Å². The van der Waals surface area contributed by atoms with Crippen molar-refractivity contribution in [2.75, 3.05) is 0 Å². The summed E-state index contributed by atoms with van der Waals surface area (Å²) in [6.07, 6.45) is 2.33. The number of para-hydroxylation sites is 1. The second-order valence-corrected chi connectivity index (χ2v) is 4.44. The van der Waals surface area contributed by atoms with Crippen LogP contribution in [0.2, 0.25) is 0 Å². The number of rotatable bonds is 3. The predicted molar refractivity (Wildman–Crippen MR) is 67.0 cm³/mol. The van der Waals surface area contributed by atoms with E-state index in [2.05, 4.69) is 11.1 Å². The number of hydrogen-bond acceptors (Lipinski definition) is 2. The number of nitrogens with zero attached hydrogens (tertiary/aromatic N) is 1.